The summed E-state index contributed by atoms with van der Waals surface area (Å²) in [6.45, 7) is 5.54. The van der Waals surface area contributed by atoms with Gasteiger partial charge in [-0.2, -0.15) is 0 Å². The fraction of sp³-hybridized carbons (Fsp3) is 1.00. The minimum Gasteiger partial charge on any atom is -0.329 e. The van der Waals surface area contributed by atoms with Crippen LogP contribution in [0, 0.1) is 0 Å². The first-order valence-electron chi connectivity index (χ1n) is 4.28. The van der Waals surface area contributed by atoms with Crippen molar-refractivity contribution < 1.29 is 0 Å². The van der Waals surface area contributed by atoms with Gasteiger partial charge in [-0.1, -0.05) is 6.42 Å². The van der Waals surface area contributed by atoms with Gasteiger partial charge in [-0.25, -0.2) is 0 Å². The summed E-state index contributed by atoms with van der Waals surface area (Å²) in [5.41, 5.74) is 5.56. The molecule has 0 aromatic carbocycles. The molecule has 2 N–H and O–H groups in total. The lowest BCUT2D eigenvalue weighted by molar-refractivity contribution is 0.178. The maximum atomic E-state index is 5.56. The summed E-state index contributed by atoms with van der Waals surface area (Å²) in [5, 5.41) is 0. The van der Waals surface area contributed by atoms with Crippen LogP contribution < -0.4 is 5.73 Å². The Morgan fingerprint density at radius 2 is 1.90 bits per heavy atom. The smallest absolute Gasteiger partial charge is 0.0190 e. The van der Waals surface area contributed by atoms with E-state index in [2.05, 4.69) is 11.8 Å². The Balaban J connectivity index is 2.24. The fourth-order valence-electron chi connectivity index (χ4n) is 1.51. The zero-order chi connectivity index (χ0) is 7.40. The largest absolute Gasteiger partial charge is 0.329 e. The van der Waals surface area contributed by atoms with Gasteiger partial charge in [0.1, 0.15) is 0 Å². The second-order valence-corrected chi connectivity index (χ2v) is 3.18. The molecule has 1 heterocycles. The lowest BCUT2D eigenvalue weighted by atomic mass is 10.1. The molecule has 1 fully saturated rings. The van der Waals surface area contributed by atoms with Gasteiger partial charge in [-0.15, -0.1) is 0 Å². The molecule has 10 heavy (non-hydrogen) atoms. The normalized spacial score (nSPS) is 24.6. The summed E-state index contributed by atoms with van der Waals surface area (Å²) < 4.78 is 0. The van der Waals surface area contributed by atoms with Crippen LogP contribution in [-0.2, 0) is 0 Å². The molecule has 0 saturated carbocycles. The van der Waals surface area contributed by atoms with Crippen molar-refractivity contribution in [1.82, 2.24) is 4.90 Å². The van der Waals surface area contributed by atoms with E-state index in [4.69, 9.17) is 5.73 Å². The number of nitrogens with zero attached hydrogens (tertiary/aromatic N) is 1. The van der Waals surface area contributed by atoms with Crippen molar-refractivity contribution in [2.45, 2.75) is 32.2 Å². The fourth-order valence-corrected chi connectivity index (χ4v) is 1.51. The van der Waals surface area contributed by atoms with Gasteiger partial charge < -0.3 is 5.73 Å². The number of rotatable bonds is 2. The molecule has 0 radical (unpaired) electrons. The van der Waals surface area contributed by atoms with Gasteiger partial charge in [0.25, 0.3) is 0 Å². The van der Waals surface area contributed by atoms with Gasteiger partial charge in [0.15, 0.2) is 0 Å². The Hall–Kier alpha value is -0.0800. The van der Waals surface area contributed by atoms with Crippen molar-refractivity contribution in [2.75, 3.05) is 19.6 Å². The van der Waals surface area contributed by atoms with Crippen LogP contribution in [0.15, 0.2) is 0 Å². The van der Waals surface area contributed by atoms with Crippen molar-refractivity contribution in [3.8, 4) is 0 Å². The molecule has 1 atom stereocenters. The third-order valence-electron chi connectivity index (χ3n) is 2.36. The van der Waals surface area contributed by atoms with Crippen LogP contribution in [0.2, 0.25) is 0 Å². The van der Waals surface area contributed by atoms with Crippen LogP contribution in [0.5, 0.6) is 0 Å². The van der Waals surface area contributed by atoms with Crippen LogP contribution in [0.3, 0.4) is 0 Å². The minimum absolute atomic E-state index is 0.597. The Morgan fingerprint density at radius 3 is 2.40 bits per heavy atom. The van der Waals surface area contributed by atoms with E-state index in [1.165, 1.54) is 32.4 Å². The minimum atomic E-state index is 0.597. The van der Waals surface area contributed by atoms with Crippen molar-refractivity contribution in [3.63, 3.8) is 0 Å². The van der Waals surface area contributed by atoms with Crippen LogP contribution in [-0.4, -0.2) is 30.6 Å². The molecule has 0 aromatic heterocycles. The maximum Gasteiger partial charge on any atom is 0.0190 e. The number of piperidine rings is 1. The average Bonchev–Trinajstić information content (AvgIpc) is 2.05. The summed E-state index contributed by atoms with van der Waals surface area (Å²) in [7, 11) is 0. The number of hydrogen-bond donors (Lipinski definition) is 1. The van der Waals surface area contributed by atoms with E-state index in [9.17, 15) is 0 Å². The number of hydrogen-bond acceptors (Lipinski definition) is 2. The summed E-state index contributed by atoms with van der Waals surface area (Å²) in [6.07, 6.45) is 4.14. The van der Waals surface area contributed by atoms with Gasteiger partial charge in [0, 0.05) is 12.6 Å². The lowest BCUT2D eigenvalue weighted by Gasteiger charge is -2.31. The van der Waals surface area contributed by atoms with E-state index < -0.39 is 0 Å². The molecule has 1 saturated heterocycles. The van der Waals surface area contributed by atoms with Gasteiger partial charge in [-0.3, -0.25) is 4.90 Å². The highest BCUT2D eigenvalue weighted by Gasteiger charge is 2.14. The quantitative estimate of drug-likeness (QED) is 0.618. The second-order valence-electron chi connectivity index (χ2n) is 3.18. The molecular formula is C8H18N2. The first-order chi connectivity index (χ1) is 4.84. The summed E-state index contributed by atoms with van der Waals surface area (Å²) in [6, 6.07) is 0.597. The molecule has 60 valence electrons. The second kappa shape index (κ2) is 3.94. The van der Waals surface area contributed by atoms with E-state index in [1.54, 1.807) is 0 Å². The Bertz CT molecular complexity index is 87.3. The number of nitrogens with two attached hydrogens (primary N) is 1. The molecule has 1 aliphatic heterocycles. The predicted octanol–water partition coefficient (Wildman–Crippen LogP) is 0.819. The topological polar surface area (TPSA) is 29.3 Å². The zero-order valence-electron chi connectivity index (χ0n) is 6.84. The molecule has 0 bridgehead atoms. The first-order valence-corrected chi connectivity index (χ1v) is 4.28. The number of likely N-dealkylation sites (tertiary alicyclic amines) is 1. The Labute approximate surface area is 63.4 Å². The predicted molar refractivity (Wildman–Crippen MR) is 43.9 cm³/mol. The molecule has 0 amide bonds. The van der Waals surface area contributed by atoms with Gasteiger partial charge in [-0.05, 0) is 32.9 Å². The van der Waals surface area contributed by atoms with Crippen LogP contribution in [0.25, 0.3) is 0 Å². The molecule has 2 nitrogen and oxygen atoms in total. The Morgan fingerprint density at radius 1 is 1.30 bits per heavy atom. The molecule has 2 heteroatoms. The first kappa shape index (κ1) is 8.02. The molecule has 1 aliphatic rings. The van der Waals surface area contributed by atoms with Gasteiger partial charge in [0.05, 0.1) is 0 Å². The van der Waals surface area contributed by atoms with Crippen LogP contribution >= 0.6 is 0 Å². The van der Waals surface area contributed by atoms with Gasteiger partial charge in [0.2, 0.25) is 0 Å². The standard InChI is InChI=1S/C8H18N2/c1-8(7-9)10-5-3-2-4-6-10/h8H,2-7,9H2,1H3/t8-/m0/s1. The third kappa shape index (κ3) is 1.96. The van der Waals surface area contributed by atoms with Crippen molar-refractivity contribution in [3.05, 3.63) is 0 Å². The maximum absolute atomic E-state index is 5.56. The molecule has 0 spiro atoms. The average molecular weight is 142 g/mol. The molecule has 0 aromatic rings. The van der Waals surface area contributed by atoms with Crippen molar-refractivity contribution in [1.29, 1.82) is 0 Å². The van der Waals surface area contributed by atoms with E-state index >= 15 is 0 Å². The summed E-state index contributed by atoms with van der Waals surface area (Å²) >= 11 is 0. The molecule has 0 aliphatic carbocycles. The summed E-state index contributed by atoms with van der Waals surface area (Å²) in [4.78, 5) is 2.49. The monoisotopic (exact) mass is 142 g/mol. The van der Waals surface area contributed by atoms with E-state index in [0.29, 0.717) is 6.04 Å². The van der Waals surface area contributed by atoms with E-state index in [0.717, 1.165) is 6.54 Å². The highest BCUT2D eigenvalue weighted by molar-refractivity contribution is 4.71. The zero-order valence-corrected chi connectivity index (χ0v) is 6.84. The summed E-state index contributed by atoms with van der Waals surface area (Å²) in [5.74, 6) is 0. The van der Waals surface area contributed by atoms with E-state index in [1.807, 2.05) is 0 Å². The third-order valence-corrected chi connectivity index (χ3v) is 2.36. The van der Waals surface area contributed by atoms with E-state index in [-0.39, 0.29) is 0 Å². The lowest BCUT2D eigenvalue weighted by Crippen LogP contribution is -2.41. The highest BCUT2D eigenvalue weighted by Crippen LogP contribution is 2.10. The molecule has 0 unspecified atom stereocenters. The van der Waals surface area contributed by atoms with Gasteiger partial charge >= 0.3 is 0 Å². The molecular weight excluding hydrogens is 124 g/mol. The van der Waals surface area contributed by atoms with Crippen LogP contribution in [0.4, 0.5) is 0 Å². The SMILES string of the molecule is C[C@@H](CN)N1CCCCC1. The molecule has 1 rings (SSSR count). The van der Waals surface area contributed by atoms with Crippen LogP contribution in [0.1, 0.15) is 26.2 Å². The van der Waals surface area contributed by atoms with Crippen molar-refractivity contribution in [2.24, 2.45) is 5.73 Å². The Kier molecular flexibility index (Phi) is 3.16. The van der Waals surface area contributed by atoms with Crippen molar-refractivity contribution >= 4 is 0 Å². The highest BCUT2D eigenvalue weighted by atomic mass is 15.2.